The highest BCUT2D eigenvalue weighted by Gasteiger charge is 2.44. The van der Waals surface area contributed by atoms with Gasteiger partial charge in [0.2, 0.25) is 0 Å². The van der Waals surface area contributed by atoms with E-state index in [4.69, 9.17) is 0 Å². The molecular formula is C25H28F2N6O2. The molecule has 0 bridgehead atoms. The molecule has 2 aliphatic heterocycles. The maximum Gasteiger partial charge on any atom is 0.167 e. The van der Waals surface area contributed by atoms with Crippen LogP contribution in [0, 0.1) is 11.6 Å². The predicted octanol–water partition coefficient (Wildman–Crippen LogP) is 2.67. The Balaban J connectivity index is 1.50. The average molecular weight is 483 g/mol. The molecule has 8 nitrogen and oxygen atoms in total. The summed E-state index contributed by atoms with van der Waals surface area (Å²) in [5, 5.41) is 27.4. The Bertz CT molecular complexity index is 1240. The molecule has 0 aliphatic carbocycles. The zero-order valence-corrected chi connectivity index (χ0v) is 19.8. The lowest BCUT2D eigenvalue weighted by Gasteiger charge is -2.50. The molecule has 1 fully saturated rings. The van der Waals surface area contributed by atoms with Crippen molar-refractivity contribution in [3.63, 3.8) is 0 Å². The minimum Gasteiger partial charge on any atom is -0.376 e. The van der Waals surface area contributed by atoms with Crippen LogP contribution in [0.2, 0.25) is 0 Å². The van der Waals surface area contributed by atoms with Gasteiger partial charge < -0.3 is 15.5 Å². The highest BCUT2D eigenvalue weighted by atomic mass is 19.1. The lowest BCUT2D eigenvalue weighted by Crippen LogP contribution is -2.62. The summed E-state index contributed by atoms with van der Waals surface area (Å²) < 4.78 is 28.9. The number of aliphatic hydroxyl groups excluding tert-OH is 2. The zero-order valence-electron chi connectivity index (χ0n) is 19.8. The van der Waals surface area contributed by atoms with Gasteiger partial charge in [0.05, 0.1) is 22.4 Å². The van der Waals surface area contributed by atoms with Crippen LogP contribution in [0.25, 0.3) is 11.4 Å². The van der Waals surface area contributed by atoms with Crippen molar-refractivity contribution in [3.8, 4) is 11.4 Å². The first kappa shape index (κ1) is 23.7. The van der Waals surface area contributed by atoms with Gasteiger partial charge in [0.1, 0.15) is 29.9 Å². The maximum absolute atomic E-state index is 14.4. The van der Waals surface area contributed by atoms with Crippen molar-refractivity contribution in [2.24, 2.45) is 0 Å². The molecule has 35 heavy (non-hydrogen) atoms. The molecule has 0 saturated carbocycles. The third-order valence-corrected chi connectivity index (χ3v) is 7.18. The number of benzene rings is 2. The number of rotatable bonds is 4. The van der Waals surface area contributed by atoms with E-state index in [0.717, 1.165) is 30.8 Å². The van der Waals surface area contributed by atoms with E-state index in [-0.39, 0.29) is 23.8 Å². The van der Waals surface area contributed by atoms with E-state index in [0.29, 0.717) is 16.9 Å². The van der Waals surface area contributed by atoms with Crippen LogP contribution in [0.4, 0.5) is 20.3 Å². The number of aromatic nitrogens is 2. The summed E-state index contributed by atoms with van der Waals surface area (Å²) in [7, 11) is 3.89. The first-order valence-electron chi connectivity index (χ1n) is 11.4. The molecule has 3 heterocycles. The fourth-order valence-corrected chi connectivity index (χ4v) is 4.84. The molecule has 2 aliphatic rings. The van der Waals surface area contributed by atoms with Crippen LogP contribution in [0.1, 0.15) is 30.0 Å². The molecule has 2 aromatic carbocycles. The largest absolute Gasteiger partial charge is 0.376 e. The fraction of sp³-hybridized carbons (Fsp3) is 0.360. The lowest BCUT2D eigenvalue weighted by molar-refractivity contribution is -0.131. The summed E-state index contributed by atoms with van der Waals surface area (Å²) in [5.74, 6) is -1.37. The number of halogens is 2. The van der Waals surface area contributed by atoms with Gasteiger partial charge in [0.15, 0.2) is 5.82 Å². The number of piperazine rings is 1. The minimum atomic E-state index is -1.01. The SMILES string of the molecule is CN1CCN(C)[C@@](C)(c2ccc(Nc3nc(-c4c(F)cccc4F)nc4c3C(O)NC4)cc2)C1O. The van der Waals surface area contributed by atoms with Crippen molar-refractivity contribution in [1.82, 2.24) is 25.1 Å². The monoisotopic (exact) mass is 482 g/mol. The Morgan fingerprint density at radius 3 is 2.40 bits per heavy atom. The average Bonchev–Trinajstić information content (AvgIpc) is 3.21. The van der Waals surface area contributed by atoms with Crippen LogP contribution in [-0.4, -0.2) is 63.4 Å². The van der Waals surface area contributed by atoms with Crippen molar-refractivity contribution in [2.45, 2.75) is 31.5 Å². The van der Waals surface area contributed by atoms with Crippen molar-refractivity contribution in [3.05, 3.63) is 70.9 Å². The molecule has 3 aromatic rings. The highest BCUT2D eigenvalue weighted by molar-refractivity contribution is 5.67. The first-order valence-corrected chi connectivity index (χ1v) is 11.4. The number of nitrogens with one attached hydrogen (secondary N) is 2. The van der Waals surface area contributed by atoms with Gasteiger partial charge in [-0.15, -0.1) is 0 Å². The molecular weight excluding hydrogens is 454 g/mol. The first-order chi connectivity index (χ1) is 16.7. The second-order valence-electron chi connectivity index (χ2n) is 9.26. The zero-order chi connectivity index (χ0) is 24.9. The summed E-state index contributed by atoms with van der Waals surface area (Å²) in [5.41, 5.74) is 1.59. The fourth-order valence-electron chi connectivity index (χ4n) is 4.84. The third-order valence-electron chi connectivity index (χ3n) is 7.18. The molecule has 5 rings (SSSR count). The van der Waals surface area contributed by atoms with E-state index < -0.39 is 29.6 Å². The highest BCUT2D eigenvalue weighted by Crippen LogP contribution is 2.37. The van der Waals surface area contributed by atoms with E-state index in [1.54, 1.807) is 0 Å². The third kappa shape index (κ3) is 3.97. The quantitative estimate of drug-likeness (QED) is 0.451. The van der Waals surface area contributed by atoms with Crippen molar-refractivity contribution in [2.75, 3.05) is 32.5 Å². The normalized spacial score (nSPS) is 25.0. The minimum absolute atomic E-state index is 0.100. The standard InChI is InChI=1S/C25H28F2N6O2/c1-25(24(35)32(2)11-12-33(25)3)14-7-9-15(10-8-14)29-22-20-18(13-28-23(20)34)30-21(31-22)19-16(26)5-4-6-17(19)27/h4-10,23-24,28,34-35H,11-13H2,1-3H3,(H,29,30,31)/t23?,24?,25-/m0/s1. The Morgan fingerprint density at radius 2 is 1.71 bits per heavy atom. The summed E-state index contributed by atoms with van der Waals surface area (Å²) in [6.07, 6.45) is -1.68. The number of likely N-dealkylation sites (N-methyl/N-ethyl adjacent to an activating group) is 2. The number of nitrogens with zero attached hydrogens (tertiary/aromatic N) is 4. The Kier molecular flexibility index (Phi) is 6.02. The van der Waals surface area contributed by atoms with Crippen LogP contribution in [0.5, 0.6) is 0 Å². The van der Waals surface area contributed by atoms with E-state index in [2.05, 4.69) is 25.5 Å². The Morgan fingerprint density at radius 1 is 1.03 bits per heavy atom. The molecule has 1 saturated heterocycles. The van der Waals surface area contributed by atoms with Crippen LogP contribution in [0.15, 0.2) is 42.5 Å². The van der Waals surface area contributed by atoms with Crippen LogP contribution < -0.4 is 10.6 Å². The van der Waals surface area contributed by atoms with Gasteiger partial charge in [0, 0.05) is 25.3 Å². The maximum atomic E-state index is 14.4. The van der Waals surface area contributed by atoms with E-state index >= 15 is 0 Å². The number of anilines is 2. The molecule has 3 atom stereocenters. The molecule has 0 spiro atoms. The number of aliphatic hydroxyl groups is 2. The number of fused-ring (bicyclic) bond motifs is 1. The molecule has 4 N–H and O–H groups in total. The van der Waals surface area contributed by atoms with E-state index in [1.807, 2.05) is 50.2 Å². The summed E-state index contributed by atoms with van der Waals surface area (Å²) in [6.45, 7) is 3.83. The Hall–Kier alpha value is -3.02. The predicted molar refractivity (Wildman–Crippen MR) is 128 cm³/mol. The molecule has 2 unspecified atom stereocenters. The molecule has 1 aromatic heterocycles. The second kappa shape index (κ2) is 8.89. The van der Waals surface area contributed by atoms with Gasteiger partial charge >= 0.3 is 0 Å². The summed E-state index contributed by atoms with van der Waals surface area (Å²) >= 11 is 0. The summed E-state index contributed by atoms with van der Waals surface area (Å²) in [4.78, 5) is 12.8. The molecule has 10 heteroatoms. The van der Waals surface area contributed by atoms with E-state index in [9.17, 15) is 19.0 Å². The molecule has 0 amide bonds. The molecule has 0 radical (unpaired) electrons. The lowest BCUT2D eigenvalue weighted by atomic mass is 9.86. The van der Waals surface area contributed by atoms with Gasteiger partial charge in [-0.3, -0.25) is 15.1 Å². The smallest absolute Gasteiger partial charge is 0.167 e. The topological polar surface area (TPSA) is 96.8 Å². The van der Waals surface area contributed by atoms with Crippen molar-refractivity contribution < 1.29 is 19.0 Å². The van der Waals surface area contributed by atoms with Gasteiger partial charge in [0.25, 0.3) is 0 Å². The van der Waals surface area contributed by atoms with Gasteiger partial charge in [-0.1, -0.05) is 18.2 Å². The Labute approximate surface area is 202 Å². The van der Waals surface area contributed by atoms with Crippen LogP contribution >= 0.6 is 0 Å². The number of hydrogen-bond donors (Lipinski definition) is 4. The summed E-state index contributed by atoms with van der Waals surface area (Å²) in [6, 6.07) is 11.1. The van der Waals surface area contributed by atoms with Gasteiger partial charge in [-0.05, 0) is 50.8 Å². The van der Waals surface area contributed by atoms with Crippen LogP contribution in [-0.2, 0) is 12.1 Å². The van der Waals surface area contributed by atoms with Crippen molar-refractivity contribution in [1.29, 1.82) is 0 Å². The second-order valence-corrected chi connectivity index (χ2v) is 9.26. The van der Waals surface area contributed by atoms with Crippen molar-refractivity contribution >= 4 is 11.5 Å². The number of hydrogen-bond acceptors (Lipinski definition) is 8. The van der Waals surface area contributed by atoms with Crippen LogP contribution in [0.3, 0.4) is 0 Å². The van der Waals surface area contributed by atoms with Gasteiger partial charge in [-0.25, -0.2) is 18.7 Å². The molecule has 184 valence electrons. The van der Waals surface area contributed by atoms with E-state index in [1.165, 1.54) is 6.07 Å². The van der Waals surface area contributed by atoms with Gasteiger partial charge in [-0.2, -0.15) is 0 Å².